The van der Waals surface area contributed by atoms with E-state index in [1.165, 1.54) is 0 Å². The summed E-state index contributed by atoms with van der Waals surface area (Å²) in [5.74, 6) is 0. The standard InChI is InChI=1S/C15H18FN5/c1-18-7-10-2-3-13(15-14(10)19-4-5-20-15)21-8-11(16)6-12(17)9-21/h2-5,7,11-12H,6,8-9,17H2,1H3/t11-,12+/m0/s1. The van der Waals surface area contributed by atoms with Gasteiger partial charge in [0.05, 0.1) is 11.2 Å². The first-order chi connectivity index (χ1) is 10.2. The molecule has 2 atom stereocenters. The summed E-state index contributed by atoms with van der Waals surface area (Å²) in [6.45, 7) is 0.980. The minimum atomic E-state index is -0.905. The number of benzene rings is 1. The first-order valence-electron chi connectivity index (χ1n) is 6.99. The van der Waals surface area contributed by atoms with Crippen molar-refractivity contribution in [2.75, 3.05) is 25.0 Å². The van der Waals surface area contributed by atoms with Crippen molar-refractivity contribution in [2.45, 2.75) is 18.6 Å². The fraction of sp³-hybridized carbons (Fsp3) is 0.400. The zero-order valence-electron chi connectivity index (χ0n) is 11.9. The van der Waals surface area contributed by atoms with E-state index in [1.54, 1.807) is 25.7 Å². The van der Waals surface area contributed by atoms with Crippen molar-refractivity contribution < 1.29 is 4.39 Å². The maximum atomic E-state index is 13.8. The lowest BCUT2D eigenvalue weighted by Crippen LogP contribution is -2.48. The number of hydrogen-bond acceptors (Lipinski definition) is 5. The van der Waals surface area contributed by atoms with Crippen molar-refractivity contribution in [3.05, 3.63) is 30.1 Å². The Kier molecular flexibility index (Phi) is 3.79. The molecular weight excluding hydrogens is 269 g/mol. The van der Waals surface area contributed by atoms with Gasteiger partial charge in [0.15, 0.2) is 0 Å². The Balaban J connectivity index is 2.09. The maximum absolute atomic E-state index is 13.8. The third-order valence-corrected chi connectivity index (χ3v) is 3.68. The Morgan fingerprint density at radius 1 is 1.29 bits per heavy atom. The molecule has 0 saturated carbocycles. The second-order valence-corrected chi connectivity index (χ2v) is 5.31. The minimum absolute atomic E-state index is 0.155. The van der Waals surface area contributed by atoms with Gasteiger partial charge in [0.2, 0.25) is 0 Å². The van der Waals surface area contributed by atoms with Gasteiger partial charge in [-0.05, 0) is 18.6 Å². The molecule has 1 aromatic heterocycles. The molecule has 0 aliphatic carbocycles. The number of anilines is 1. The molecule has 5 nitrogen and oxygen atoms in total. The van der Waals surface area contributed by atoms with Crippen molar-refractivity contribution in [2.24, 2.45) is 10.7 Å². The van der Waals surface area contributed by atoms with Crippen LogP contribution in [0.3, 0.4) is 0 Å². The van der Waals surface area contributed by atoms with Crippen LogP contribution in [0.1, 0.15) is 12.0 Å². The Bertz CT molecular complexity index is 662. The first kappa shape index (κ1) is 13.9. The van der Waals surface area contributed by atoms with E-state index in [9.17, 15) is 4.39 Å². The summed E-state index contributed by atoms with van der Waals surface area (Å²) >= 11 is 0. The zero-order chi connectivity index (χ0) is 14.8. The normalized spacial score (nSPS) is 23.1. The first-order valence-corrected chi connectivity index (χ1v) is 6.99. The van der Waals surface area contributed by atoms with Crippen molar-refractivity contribution in [3.63, 3.8) is 0 Å². The molecule has 2 heterocycles. The van der Waals surface area contributed by atoms with Crippen molar-refractivity contribution in [1.29, 1.82) is 0 Å². The number of nitrogens with two attached hydrogens (primary N) is 1. The second-order valence-electron chi connectivity index (χ2n) is 5.31. The Hall–Kier alpha value is -2.08. The highest BCUT2D eigenvalue weighted by atomic mass is 19.1. The summed E-state index contributed by atoms with van der Waals surface area (Å²) in [4.78, 5) is 14.8. The Labute approximate surface area is 122 Å². The summed E-state index contributed by atoms with van der Waals surface area (Å²) in [6, 6.07) is 3.73. The summed E-state index contributed by atoms with van der Waals surface area (Å²) in [5, 5.41) is 0. The van der Waals surface area contributed by atoms with Crippen LogP contribution in [-0.4, -0.2) is 48.5 Å². The number of aromatic nitrogens is 2. The van der Waals surface area contributed by atoms with Gasteiger partial charge in [-0.3, -0.25) is 15.0 Å². The van der Waals surface area contributed by atoms with E-state index in [0.29, 0.717) is 19.5 Å². The zero-order valence-corrected chi connectivity index (χ0v) is 11.9. The summed E-state index contributed by atoms with van der Waals surface area (Å²) < 4.78 is 13.8. The van der Waals surface area contributed by atoms with Gasteiger partial charge in [-0.25, -0.2) is 4.39 Å². The van der Waals surface area contributed by atoms with E-state index in [0.717, 1.165) is 22.3 Å². The van der Waals surface area contributed by atoms with Gasteiger partial charge < -0.3 is 10.6 Å². The highest BCUT2D eigenvalue weighted by Crippen LogP contribution is 2.28. The van der Waals surface area contributed by atoms with Gasteiger partial charge in [0, 0.05) is 50.4 Å². The van der Waals surface area contributed by atoms with E-state index in [4.69, 9.17) is 5.73 Å². The van der Waals surface area contributed by atoms with Crippen LogP contribution < -0.4 is 10.6 Å². The molecule has 0 spiro atoms. The van der Waals surface area contributed by atoms with E-state index >= 15 is 0 Å². The Morgan fingerprint density at radius 3 is 2.76 bits per heavy atom. The monoisotopic (exact) mass is 287 g/mol. The van der Waals surface area contributed by atoms with Gasteiger partial charge in [0.1, 0.15) is 11.7 Å². The molecule has 1 fully saturated rings. The number of halogens is 1. The second kappa shape index (κ2) is 5.73. The van der Waals surface area contributed by atoms with Gasteiger partial charge in [-0.2, -0.15) is 0 Å². The van der Waals surface area contributed by atoms with Crippen LogP contribution >= 0.6 is 0 Å². The molecular formula is C15H18FN5. The predicted octanol–water partition coefficient (Wildman–Crippen LogP) is 1.55. The van der Waals surface area contributed by atoms with Crippen molar-refractivity contribution in [3.8, 4) is 0 Å². The number of nitrogens with zero attached hydrogens (tertiary/aromatic N) is 4. The molecule has 2 N–H and O–H groups in total. The fourth-order valence-corrected chi connectivity index (χ4v) is 2.83. The highest BCUT2D eigenvalue weighted by molar-refractivity contribution is 6.01. The third kappa shape index (κ3) is 2.71. The molecule has 2 aromatic rings. The lowest BCUT2D eigenvalue weighted by molar-refractivity contribution is 0.269. The average Bonchev–Trinajstić information content (AvgIpc) is 2.47. The lowest BCUT2D eigenvalue weighted by Gasteiger charge is -2.35. The van der Waals surface area contributed by atoms with Gasteiger partial charge >= 0.3 is 0 Å². The molecule has 3 rings (SSSR count). The SMILES string of the molecule is CN=Cc1ccc(N2C[C@H](N)C[C@H](F)C2)c2nccnc12. The number of aliphatic imine (C=N–C) groups is 1. The number of fused-ring (bicyclic) bond motifs is 1. The number of rotatable bonds is 2. The number of alkyl halides is 1. The molecule has 0 radical (unpaired) electrons. The molecule has 0 unspecified atom stereocenters. The van der Waals surface area contributed by atoms with Crippen LogP contribution in [0, 0.1) is 0 Å². The van der Waals surface area contributed by atoms with Crippen LogP contribution in [0.2, 0.25) is 0 Å². The van der Waals surface area contributed by atoms with E-state index in [2.05, 4.69) is 15.0 Å². The van der Waals surface area contributed by atoms with Gasteiger partial charge in [0.25, 0.3) is 0 Å². The highest BCUT2D eigenvalue weighted by Gasteiger charge is 2.26. The van der Waals surface area contributed by atoms with E-state index in [-0.39, 0.29) is 6.04 Å². The molecule has 1 aromatic carbocycles. The average molecular weight is 287 g/mol. The molecule has 110 valence electrons. The molecule has 21 heavy (non-hydrogen) atoms. The van der Waals surface area contributed by atoms with Crippen LogP contribution in [0.25, 0.3) is 11.0 Å². The topological polar surface area (TPSA) is 67.4 Å². The smallest absolute Gasteiger partial charge is 0.119 e. The predicted molar refractivity (Wildman–Crippen MR) is 82.8 cm³/mol. The Morgan fingerprint density at radius 2 is 2.05 bits per heavy atom. The molecule has 1 saturated heterocycles. The molecule has 0 bridgehead atoms. The molecule has 6 heteroatoms. The van der Waals surface area contributed by atoms with Crippen LogP contribution in [-0.2, 0) is 0 Å². The third-order valence-electron chi connectivity index (χ3n) is 3.68. The minimum Gasteiger partial charge on any atom is -0.365 e. The molecule has 1 aliphatic heterocycles. The molecule has 0 amide bonds. The largest absolute Gasteiger partial charge is 0.365 e. The van der Waals surface area contributed by atoms with Crippen LogP contribution in [0.5, 0.6) is 0 Å². The summed E-state index contributed by atoms with van der Waals surface area (Å²) in [6.07, 6.45) is 4.56. The van der Waals surface area contributed by atoms with E-state index < -0.39 is 6.17 Å². The lowest BCUT2D eigenvalue weighted by atomic mass is 10.0. The van der Waals surface area contributed by atoms with Crippen molar-refractivity contribution >= 4 is 22.9 Å². The maximum Gasteiger partial charge on any atom is 0.119 e. The fourth-order valence-electron chi connectivity index (χ4n) is 2.83. The summed E-state index contributed by atoms with van der Waals surface area (Å²) in [7, 11) is 1.72. The number of piperidine rings is 1. The quantitative estimate of drug-likeness (QED) is 0.851. The van der Waals surface area contributed by atoms with Gasteiger partial charge in [-0.15, -0.1) is 0 Å². The van der Waals surface area contributed by atoms with Crippen LogP contribution in [0.4, 0.5) is 10.1 Å². The van der Waals surface area contributed by atoms with Gasteiger partial charge in [-0.1, -0.05) is 0 Å². The van der Waals surface area contributed by atoms with E-state index in [1.807, 2.05) is 17.0 Å². The van der Waals surface area contributed by atoms with Crippen molar-refractivity contribution in [1.82, 2.24) is 9.97 Å². The number of hydrogen-bond donors (Lipinski definition) is 1. The molecule has 1 aliphatic rings. The summed E-state index contributed by atoms with van der Waals surface area (Å²) in [5.41, 5.74) is 9.25. The van der Waals surface area contributed by atoms with Crippen LogP contribution in [0.15, 0.2) is 29.5 Å².